The first-order chi connectivity index (χ1) is 8.22. The van der Waals surface area contributed by atoms with Crippen LogP contribution in [-0.4, -0.2) is 24.9 Å². The van der Waals surface area contributed by atoms with Gasteiger partial charge in [-0.1, -0.05) is 12.1 Å². The van der Waals surface area contributed by atoms with Gasteiger partial charge in [0.2, 0.25) is 0 Å². The molecule has 2 rings (SSSR count). The van der Waals surface area contributed by atoms with Crippen molar-refractivity contribution in [2.24, 2.45) is 0 Å². The lowest BCUT2D eigenvalue weighted by molar-refractivity contribution is 0.122. The van der Waals surface area contributed by atoms with Crippen LogP contribution < -0.4 is 10.1 Å². The Kier molecular flexibility index (Phi) is 4.02. The first-order valence-electron chi connectivity index (χ1n) is 6.32. The molecule has 0 aliphatic heterocycles. The molecular formula is C14H21NO2. The molecule has 0 saturated heterocycles. The van der Waals surface area contributed by atoms with E-state index in [0.29, 0.717) is 12.6 Å². The number of aliphatic hydroxyl groups is 1. The van der Waals surface area contributed by atoms with Gasteiger partial charge in [0.1, 0.15) is 12.4 Å². The normalized spacial score (nSPS) is 20.8. The molecule has 0 amide bonds. The molecule has 2 N–H and O–H groups in total. The van der Waals surface area contributed by atoms with Gasteiger partial charge in [0.25, 0.3) is 0 Å². The van der Waals surface area contributed by atoms with Crippen LogP contribution in [0.4, 0.5) is 0 Å². The monoisotopic (exact) mass is 235 g/mol. The molecule has 2 atom stereocenters. The third kappa shape index (κ3) is 2.79. The van der Waals surface area contributed by atoms with E-state index in [4.69, 9.17) is 4.74 Å². The number of ether oxygens (including phenoxy) is 1. The SMILES string of the molecule is CNC1CCCc2c(OCC(C)O)cccc21. The van der Waals surface area contributed by atoms with E-state index in [9.17, 15) is 5.11 Å². The fourth-order valence-electron chi connectivity index (χ4n) is 2.46. The molecule has 17 heavy (non-hydrogen) atoms. The summed E-state index contributed by atoms with van der Waals surface area (Å²) in [5, 5.41) is 12.6. The van der Waals surface area contributed by atoms with E-state index in [1.54, 1.807) is 6.92 Å². The number of hydrogen-bond acceptors (Lipinski definition) is 3. The van der Waals surface area contributed by atoms with Gasteiger partial charge in [-0.25, -0.2) is 0 Å². The van der Waals surface area contributed by atoms with E-state index in [-0.39, 0.29) is 0 Å². The van der Waals surface area contributed by atoms with Crippen molar-refractivity contribution in [1.82, 2.24) is 5.32 Å². The zero-order chi connectivity index (χ0) is 12.3. The minimum atomic E-state index is -0.422. The maximum atomic E-state index is 9.28. The smallest absolute Gasteiger partial charge is 0.122 e. The molecule has 3 nitrogen and oxygen atoms in total. The fourth-order valence-corrected chi connectivity index (χ4v) is 2.46. The van der Waals surface area contributed by atoms with Gasteiger partial charge in [-0.2, -0.15) is 0 Å². The maximum Gasteiger partial charge on any atom is 0.122 e. The standard InChI is InChI=1S/C14H21NO2/c1-10(16)9-17-14-8-4-5-11-12(14)6-3-7-13(11)15-2/h4-5,8,10,13,15-16H,3,6-7,9H2,1-2H3. The van der Waals surface area contributed by atoms with Crippen LogP contribution in [0.15, 0.2) is 18.2 Å². The van der Waals surface area contributed by atoms with Crippen LogP contribution in [0.2, 0.25) is 0 Å². The van der Waals surface area contributed by atoms with Gasteiger partial charge in [-0.3, -0.25) is 0 Å². The second kappa shape index (κ2) is 5.52. The Morgan fingerprint density at radius 2 is 2.35 bits per heavy atom. The summed E-state index contributed by atoms with van der Waals surface area (Å²) in [5.41, 5.74) is 2.65. The summed E-state index contributed by atoms with van der Waals surface area (Å²) >= 11 is 0. The Morgan fingerprint density at radius 1 is 1.53 bits per heavy atom. The maximum absolute atomic E-state index is 9.28. The van der Waals surface area contributed by atoms with Gasteiger partial charge in [0, 0.05) is 6.04 Å². The van der Waals surface area contributed by atoms with E-state index < -0.39 is 6.10 Å². The van der Waals surface area contributed by atoms with Crippen LogP contribution in [0.3, 0.4) is 0 Å². The van der Waals surface area contributed by atoms with Crippen LogP contribution in [0, 0.1) is 0 Å². The zero-order valence-electron chi connectivity index (χ0n) is 10.6. The van der Waals surface area contributed by atoms with Crippen molar-refractivity contribution >= 4 is 0 Å². The minimum absolute atomic E-state index is 0.362. The third-order valence-electron chi connectivity index (χ3n) is 3.29. The molecule has 1 aliphatic rings. The van der Waals surface area contributed by atoms with Gasteiger partial charge < -0.3 is 15.2 Å². The second-order valence-corrected chi connectivity index (χ2v) is 4.72. The lowest BCUT2D eigenvalue weighted by Gasteiger charge is -2.27. The van der Waals surface area contributed by atoms with Crippen molar-refractivity contribution in [3.05, 3.63) is 29.3 Å². The Hall–Kier alpha value is -1.06. The molecule has 0 saturated carbocycles. The highest BCUT2D eigenvalue weighted by Crippen LogP contribution is 2.35. The van der Waals surface area contributed by atoms with Crippen molar-refractivity contribution < 1.29 is 9.84 Å². The average molecular weight is 235 g/mol. The number of rotatable bonds is 4. The van der Waals surface area contributed by atoms with Crippen molar-refractivity contribution in [3.8, 4) is 5.75 Å². The van der Waals surface area contributed by atoms with Crippen LogP contribution >= 0.6 is 0 Å². The van der Waals surface area contributed by atoms with Crippen molar-refractivity contribution in [2.45, 2.75) is 38.3 Å². The van der Waals surface area contributed by atoms with E-state index in [0.717, 1.165) is 12.2 Å². The first kappa shape index (κ1) is 12.4. The highest BCUT2D eigenvalue weighted by Gasteiger charge is 2.21. The lowest BCUT2D eigenvalue weighted by atomic mass is 9.87. The van der Waals surface area contributed by atoms with Gasteiger partial charge in [0.05, 0.1) is 6.10 Å². The Balaban J connectivity index is 2.23. The van der Waals surface area contributed by atoms with E-state index in [2.05, 4.69) is 11.4 Å². The van der Waals surface area contributed by atoms with Crippen molar-refractivity contribution in [2.75, 3.05) is 13.7 Å². The molecule has 0 radical (unpaired) electrons. The van der Waals surface area contributed by atoms with Gasteiger partial charge >= 0.3 is 0 Å². The Morgan fingerprint density at radius 3 is 3.06 bits per heavy atom. The molecular weight excluding hydrogens is 214 g/mol. The zero-order valence-corrected chi connectivity index (χ0v) is 10.6. The summed E-state index contributed by atoms with van der Waals surface area (Å²) in [5.74, 6) is 0.934. The van der Waals surface area contributed by atoms with Gasteiger partial charge in [-0.05, 0) is 50.4 Å². The summed E-state index contributed by atoms with van der Waals surface area (Å²) in [7, 11) is 2.00. The summed E-state index contributed by atoms with van der Waals surface area (Å²) in [6.45, 7) is 2.10. The Bertz CT molecular complexity index is 376. The van der Waals surface area contributed by atoms with Crippen LogP contribution in [-0.2, 0) is 6.42 Å². The number of nitrogens with one attached hydrogen (secondary N) is 1. The molecule has 2 unspecified atom stereocenters. The largest absolute Gasteiger partial charge is 0.491 e. The quantitative estimate of drug-likeness (QED) is 0.839. The van der Waals surface area contributed by atoms with Crippen LogP contribution in [0.5, 0.6) is 5.75 Å². The number of aliphatic hydroxyl groups excluding tert-OH is 1. The van der Waals surface area contributed by atoms with Gasteiger partial charge in [-0.15, -0.1) is 0 Å². The molecule has 0 fully saturated rings. The van der Waals surface area contributed by atoms with E-state index in [1.807, 2.05) is 19.2 Å². The van der Waals surface area contributed by atoms with E-state index in [1.165, 1.54) is 24.0 Å². The summed E-state index contributed by atoms with van der Waals surface area (Å²) < 4.78 is 5.68. The van der Waals surface area contributed by atoms with Gasteiger partial charge in [0.15, 0.2) is 0 Å². The minimum Gasteiger partial charge on any atom is -0.491 e. The van der Waals surface area contributed by atoms with Crippen LogP contribution in [0.25, 0.3) is 0 Å². The summed E-state index contributed by atoms with van der Waals surface area (Å²) in [4.78, 5) is 0. The topological polar surface area (TPSA) is 41.5 Å². The van der Waals surface area contributed by atoms with Crippen molar-refractivity contribution in [3.63, 3.8) is 0 Å². The number of benzene rings is 1. The summed E-state index contributed by atoms with van der Waals surface area (Å²) in [6, 6.07) is 6.64. The molecule has 0 spiro atoms. The predicted molar refractivity (Wildman–Crippen MR) is 68.4 cm³/mol. The molecule has 0 heterocycles. The van der Waals surface area contributed by atoms with Crippen molar-refractivity contribution in [1.29, 1.82) is 0 Å². The molecule has 3 heteroatoms. The lowest BCUT2D eigenvalue weighted by Crippen LogP contribution is -2.22. The molecule has 0 bridgehead atoms. The Labute approximate surface area is 103 Å². The molecule has 94 valence electrons. The highest BCUT2D eigenvalue weighted by atomic mass is 16.5. The van der Waals surface area contributed by atoms with E-state index >= 15 is 0 Å². The third-order valence-corrected chi connectivity index (χ3v) is 3.29. The number of fused-ring (bicyclic) bond motifs is 1. The van der Waals surface area contributed by atoms with Crippen LogP contribution in [0.1, 0.15) is 36.9 Å². The highest BCUT2D eigenvalue weighted by molar-refractivity contribution is 5.43. The fraction of sp³-hybridized carbons (Fsp3) is 0.571. The molecule has 0 aromatic heterocycles. The predicted octanol–water partition coefficient (Wildman–Crippen LogP) is 2.04. The first-order valence-corrected chi connectivity index (χ1v) is 6.32. The molecule has 1 aromatic carbocycles. The summed E-state index contributed by atoms with van der Waals surface area (Å²) in [6.07, 6.45) is 3.02. The molecule has 1 aromatic rings. The number of hydrogen-bond donors (Lipinski definition) is 2. The average Bonchev–Trinajstić information content (AvgIpc) is 2.35. The molecule has 1 aliphatic carbocycles. The second-order valence-electron chi connectivity index (χ2n) is 4.72.